The molecule has 0 unspecified atom stereocenters. The molecule has 1 heterocycles. The Hall–Kier alpha value is -2.95. The van der Waals surface area contributed by atoms with Gasteiger partial charge in [-0.15, -0.1) is 0 Å². The molecule has 5 heteroatoms. The predicted molar refractivity (Wildman–Crippen MR) is 98.0 cm³/mol. The molecule has 3 aromatic rings. The molecule has 1 N–H and O–H groups in total. The van der Waals surface area contributed by atoms with Crippen LogP contribution in [0.4, 0.5) is 0 Å². The van der Waals surface area contributed by atoms with Gasteiger partial charge in [-0.1, -0.05) is 24.3 Å². The number of fused-ring (bicyclic) bond motifs is 1. The molecule has 3 rings (SSSR count). The molecule has 0 aliphatic carbocycles. The second-order valence-corrected chi connectivity index (χ2v) is 5.98. The quantitative estimate of drug-likeness (QED) is 0.749. The van der Waals surface area contributed by atoms with Crippen molar-refractivity contribution in [2.75, 3.05) is 21.3 Å². The first-order valence-corrected chi connectivity index (χ1v) is 8.12. The van der Waals surface area contributed by atoms with Crippen molar-refractivity contribution in [1.82, 2.24) is 9.88 Å². The zero-order chi connectivity index (χ0) is 17.8. The SMILES string of the molecule is COc1ccc(CC(=O)N(C)Cc2c[nH]c3ccccc23)cc1OC. The first-order chi connectivity index (χ1) is 12.1. The smallest absolute Gasteiger partial charge is 0.227 e. The second kappa shape index (κ2) is 7.30. The summed E-state index contributed by atoms with van der Waals surface area (Å²) in [5.74, 6) is 1.34. The normalized spacial score (nSPS) is 10.7. The molecule has 25 heavy (non-hydrogen) atoms. The van der Waals surface area contributed by atoms with E-state index in [1.54, 1.807) is 19.1 Å². The highest BCUT2D eigenvalue weighted by molar-refractivity contribution is 5.84. The monoisotopic (exact) mass is 338 g/mol. The fourth-order valence-corrected chi connectivity index (χ4v) is 2.91. The van der Waals surface area contributed by atoms with E-state index < -0.39 is 0 Å². The van der Waals surface area contributed by atoms with Crippen molar-refractivity contribution in [2.45, 2.75) is 13.0 Å². The van der Waals surface area contributed by atoms with Gasteiger partial charge >= 0.3 is 0 Å². The number of carbonyl (C=O) groups excluding carboxylic acids is 1. The van der Waals surface area contributed by atoms with Crippen LogP contribution in [0, 0.1) is 0 Å². The number of benzene rings is 2. The van der Waals surface area contributed by atoms with E-state index in [9.17, 15) is 4.79 Å². The highest BCUT2D eigenvalue weighted by Gasteiger charge is 2.14. The van der Waals surface area contributed by atoms with E-state index >= 15 is 0 Å². The lowest BCUT2D eigenvalue weighted by Gasteiger charge is -2.17. The van der Waals surface area contributed by atoms with E-state index in [0.29, 0.717) is 24.5 Å². The van der Waals surface area contributed by atoms with Crippen molar-refractivity contribution >= 4 is 16.8 Å². The fraction of sp³-hybridized carbons (Fsp3) is 0.250. The van der Waals surface area contributed by atoms with Crippen LogP contribution in [-0.4, -0.2) is 37.1 Å². The molecule has 0 bridgehead atoms. The lowest BCUT2D eigenvalue weighted by Crippen LogP contribution is -2.27. The molecule has 0 saturated heterocycles. The topological polar surface area (TPSA) is 54.6 Å². The van der Waals surface area contributed by atoms with Crippen molar-refractivity contribution in [3.8, 4) is 11.5 Å². The number of amides is 1. The standard InChI is InChI=1S/C20H22N2O3/c1-22(13-15-12-21-17-7-5-4-6-16(15)17)20(23)11-14-8-9-18(24-2)19(10-14)25-3/h4-10,12,21H,11,13H2,1-3H3. The number of hydrogen-bond donors (Lipinski definition) is 1. The summed E-state index contributed by atoms with van der Waals surface area (Å²) in [5, 5.41) is 1.15. The molecule has 0 radical (unpaired) electrons. The third-order valence-corrected chi connectivity index (χ3v) is 4.31. The predicted octanol–water partition coefficient (Wildman–Crippen LogP) is 3.39. The third-order valence-electron chi connectivity index (χ3n) is 4.31. The summed E-state index contributed by atoms with van der Waals surface area (Å²) in [7, 11) is 5.01. The zero-order valence-electron chi connectivity index (χ0n) is 14.7. The van der Waals surface area contributed by atoms with Gasteiger partial charge in [0, 0.05) is 30.7 Å². The average molecular weight is 338 g/mol. The van der Waals surface area contributed by atoms with Gasteiger partial charge in [0.25, 0.3) is 0 Å². The minimum atomic E-state index is 0.0532. The van der Waals surface area contributed by atoms with Gasteiger partial charge in [-0.3, -0.25) is 4.79 Å². The van der Waals surface area contributed by atoms with Crippen LogP contribution in [0.5, 0.6) is 11.5 Å². The van der Waals surface area contributed by atoms with E-state index in [4.69, 9.17) is 9.47 Å². The van der Waals surface area contributed by atoms with Crippen molar-refractivity contribution in [2.24, 2.45) is 0 Å². The van der Waals surface area contributed by atoms with Crippen molar-refractivity contribution < 1.29 is 14.3 Å². The number of aromatic nitrogens is 1. The van der Waals surface area contributed by atoms with Crippen molar-refractivity contribution in [3.63, 3.8) is 0 Å². The number of nitrogens with zero attached hydrogens (tertiary/aromatic N) is 1. The molecule has 1 aromatic heterocycles. The summed E-state index contributed by atoms with van der Waals surface area (Å²) in [6.45, 7) is 0.566. The number of aromatic amines is 1. The Morgan fingerprint density at radius 2 is 1.84 bits per heavy atom. The van der Waals surface area contributed by atoms with Gasteiger partial charge < -0.3 is 19.4 Å². The number of H-pyrrole nitrogens is 1. The molecule has 0 fully saturated rings. The number of carbonyl (C=O) groups is 1. The van der Waals surface area contributed by atoms with Gasteiger partial charge in [-0.2, -0.15) is 0 Å². The van der Waals surface area contributed by atoms with Gasteiger partial charge in [-0.05, 0) is 29.3 Å². The first kappa shape index (κ1) is 16.9. The highest BCUT2D eigenvalue weighted by Crippen LogP contribution is 2.28. The maximum absolute atomic E-state index is 12.6. The van der Waals surface area contributed by atoms with Gasteiger partial charge in [0.1, 0.15) is 0 Å². The van der Waals surface area contributed by atoms with E-state index in [0.717, 1.165) is 22.0 Å². The average Bonchev–Trinajstić information content (AvgIpc) is 3.04. The van der Waals surface area contributed by atoms with Gasteiger partial charge in [0.15, 0.2) is 11.5 Å². The highest BCUT2D eigenvalue weighted by atomic mass is 16.5. The molecule has 1 amide bonds. The summed E-state index contributed by atoms with van der Waals surface area (Å²) >= 11 is 0. The summed E-state index contributed by atoms with van der Waals surface area (Å²) < 4.78 is 10.5. The molecule has 0 aliphatic rings. The summed E-state index contributed by atoms with van der Waals surface area (Å²) in [5.41, 5.74) is 3.09. The van der Waals surface area contributed by atoms with Crippen LogP contribution in [0.3, 0.4) is 0 Å². The Morgan fingerprint density at radius 1 is 1.08 bits per heavy atom. The lowest BCUT2D eigenvalue weighted by molar-refractivity contribution is -0.129. The Labute approximate surface area is 147 Å². The molecule has 0 aliphatic heterocycles. The lowest BCUT2D eigenvalue weighted by atomic mass is 10.1. The van der Waals surface area contributed by atoms with Gasteiger partial charge in [-0.25, -0.2) is 0 Å². The molecule has 0 saturated carbocycles. The molecule has 5 nitrogen and oxygen atoms in total. The fourth-order valence-electron chi connectivity index (χ4n) is 2.91. The van der Waals surface area contributed by atoms with Gasteiger partial charge in [0.05, 0.1) is 20.6 Å². The maximum atomic E-state index is 12.6. The number of likely N-dealkylation sites (N-methyl/N-ethyl adjacent to an activating group) is 1. The molecule has 0 spiro atoms. The van der Waals surface area contributed by atoms with Crippen LogP contribution in [0.1, 0.15) is 11.1 Å². The van der Waals surface area contributed by atoms with E-state index in [2.05, 4.69) is 11.1 Å². The Bertz CT molecular complexity index is 886. The number of nitrogens with one attached hydrogen (secondary N) is 1. The summed E-state index contributed by atoms with van der Waals surface area (Å²) in [6, 6.07) is 13.6. The number of ether oxygens (including phenoxy) is 2. The number of para-hydroxylation sites is 1. The molecule has 0 atom stereocenters. The second-order valence-electron chi connectivity index (χ2n) is 5.98. The largest absolute Gasteiger partial charge is 0.493 e. The van der Waals surface area contributed by atoms with Crippen LogP contribution in [0.15, 0.2) is 48.7 Å². The number of hydrogen-bond acceptors (Lipinski definition) is 3. The number of rotatable bonds is 6. The van der Waals surface area contributed by atoms with E-state index in [1.165, 1.54) is 0 Å². The van der Waals surface area contributed by atoms with Crippen LogP contribution < -0.4 is 9.47 Å². The Morgan fingerprint density at radius 3 is 2.60 bits per heavy atom. The zero-order valence-corrected chi connectivity index (χ0v) is 14.7. The van der Waals surface area contributed by atoms with Crippen molar-refractivity contribution in [3.05, 3.63) is 59.8 Å². The summed E-state index contributed by atoms with van der Waals surface area (Å²) in [4.78, 5) is 17.6. The van der Waals surface area contributed by atoms with Crippen LogP contribution in [0.25, 0.3) is 10.9 Å². The van der Waals surface area contributed by atoms with E-state index in [-0.39, 0.29) is 5.91 Å². The van der Waals surface area contributed by atoms with Crippen LogP contribution in [0.2, 0.25) is 0 Å². The van der Waals surface area contributed by atoms with Crippen LogP contribution >= 0.6 is 0 Å². The van der Waals surface area contributed by atoms with Crippen LogP contribution in [-0.2, 0) is 17.8 Å². The molecule has 2 aromatic carbocycles. The minimum absolute atomic E-state index is 0.0532. The Balaban J connectivity index is 1.70. The maximum Gasteiger partial charge on any atom is 0.227 e. The Kier molecular flexibility index (Phi) is 4.93. The van der Waals surface area contributed by atoms with E-state index in [1.807, 2.05) is 49.6 Å². The molecule has 130 valence electrons. The van der Waals surface area contributed by atoms with Gasteiger partial charge in [0.2, 0.25) is 5.91 Å². The summed E-state index contributed by atoms with van der Waals surface area (Å²) in [6.07, 6.45) is 2.28. The number of methoxy groups -OCH3 is 2. The molecular weight excluding hydrogens is 316 g/mol. The first-order valence-electron chi connectivity index (χ1n) is 8.12. The third kappa shape index (κ3) is 3.60. The molecular formula is C20H22N2O3. The van der Waals surface area contributed by atoms with Crippen molar-refractivity contribution in [1.29, 1.82) is 0 Å². The minimum Gasteiger partial charge on any atom is -0.493 e.